The summed E-state index contributed by atoms with van der Waals surface area (Å²) in [6.07, 6.45) is 3.53. The fraction of sp³-hybridized carbons (Fsp3) is 0.571. The van der Waals surface area contributed by atoms with Crippen LogP contribution in [-0.2, 0) is 0 Å². The Morgan fingerprint density at radius 2 is 2.16 bits per heavy atom. The number of benzene rings is 1. The zero-order valence-electron chi connectivity index (χ0n) is 11.4. The number of hydrogen-bond acceptors (Lipinski definition) is 4. The number of nitrogen functional groups attached to an aromatic ring is 1. The van der Waals surface area contributed by atoms with Gasteiger partial charge in [-0.3, -0.25) is 10.1 Å². The predicted octanol–water partition coefficient (Wildman–Crippen LogP) is 3.41. The lowest BCUT2D eigenvalue weighted by Gasteiger charge is -2.22. The molecule has 5 heteroatoms. The Morgan fingerprint density at radius 3 is 2.74 bits per heavy atom. The molecule has 0 bridgehead atoms. The normalized spacial score (nSPS) is 26.3. The topological polar surface area (TPSA) is 81.2 Å². The van der Waals surface area contributed by atoms with E-state index in [1.54, 1.807) is 12.1 Å². The molecule has 0 amide bonds. The van der Waals surface area contributed by atoms with Crippen molar-refractivity contribution in [1.29, 1.82) is 0 Å². The van der Waals surface area contributed by atoms with Crippen LogP contribution in [0.3, 0.4) is 0 Å². The van der Waals surface area contributed by atoms with E-state index in [-0.39, 0.29) is 5.69 Å². The maximum absolute atomic E-state index is 10.8. The Balaban J connectivity index is 2.13. The smallest absolute Gasteiger partial charge is 0.273 e. The maximum atomic E-state index is 10.8. The molecule has 0 aliphatic heterocycles. The van der Waals surface area contributed by atoms with Gasteiger partial charge in [-0.15, -0.1) is 0 Å². The van der Waals surface area contributed by atoms with Crippen LogP contribution in [0.15, 0.2) is 18.2 Å². The summed E-state index contributed by atoms with van der Waals surface area (Å²) in [6, 6.07) is 5.09. The summed E-state index contributed by atoms with van der Waals surface area (Å²) in [4.78, 5) is 10.4. The largest absolute Gasteiger partial charge is 0.398 e. The summed E-state index contributed by atoms with van der Waals surface area (Å²) < 4.78 is 0. The average molecular weight is 263 g/mol. The van der Waals surface area contributed by atoms with E-state index < -0.39 is 4.92 Å². The molecule has 1 aliphatic carbocycles. The van der Waals surface area contributed by atoms with E-state index in [0.29, 0.717) is 17.6 Å². The Labute approximate surface area is 113 Å². The second-order valence-electron chi connectivity index (χ2n) is 5.43. The van der Waals surface area contributed by atoms with Crippen LogP contribution in [0.5, 0.6) is 0 Å². The summed E-state index contributed by atoms with van der Waals surface area (Å²) in [6.45, 7) is 4.47. The van der Waals surface area contributed by atoms with Gasteiger partial charge in [0, 0.05) is 29.5 Å². The SMILES string of the molecule is CCC1CCC(Nc2cc(N)cc([N+](=O)[O-])c2)C1C. The quantitative estimate of drug-likeness (QED) is 0.495. The molecule has 0 spiro atoms. The van der Waals surface area contributed by atoms with E-state index in [1.165, 1.54) is 18.9 Å². The molecule has 104 valence electrons. The number of hydrogen-bond donors (Lipinski definition) is 2. The number of non-ortho nitro benzene ring substituents is 1. The minimum absolute atomic E-state index is 0.0418. The Kier molecular flexibility index (Phi) is 3.93. The first-order chi connectivity index (χ1) is 9.01. The summed E-state index contributed by atoms with van der Waals surface area (Å²) in [5, 5.41) is 14.2. The molecular formula is C14H21N3O2. The molecule has 0 saturated heterocycles. The van der Waals surface area contributed by atoms with E-state index >= 15 is 0 Å². The fourth-order valence-electron chi connectivity index (χ4n) is 3.06. The van der Waals surface area contributed by atoms with Crippen LogP contribution in [0.25, 0.3) is 0 Å². The molecule has 1 fully saturated rings. The second-order valence-corrected chi connectivity index (χ2v) is 5.43. The molecule has 0 heterocycles. The molecule has 3 atom stereocenters. The van der Waals surface area contributed by atoms with E-state index in [9.17, 15) is 10.1 Å². The van der Waals surface area contributed by atoms with Gasteiger partial charge in [0.1, 0.15) is 0 Å². The van der Waals surface area contributed by atoms with Crippen LogP contribution < -0.4 is 11.1 Å². The van der Waals surface area contributed by atoms with Gasteiger partial charge in [0.05, 0.1) is 4.92 Å². The lowest BCUT2D eigenvalue weighted by atomic mass is 9.93. The van der Waals surface area contributed by atoms with Crippen molar-refractivity contribution in [2.24, 2.45) is 11.8 Å². The molecule has 2 rings (SSSR count). The molecule has 1 saturated carbocycles. The third-order valence-corrected chi connectivity index (χ3v) is 4.25. The highest BCUT2D eigenvalue weighted by Gasteiger charge is 2.31. The van der Waals surface area contributed by atoms with Crippen molar-refractivity contribution < 1.29 is 4.92 Å². The highest BCUT2D eigenvalue weighted by Crippen LogP contribution is 2.36. The number of nitrogens with one attached hydrogen (secondary N) is 1. The monoisotopic (exact) mass is 263 g/mol. The molecule has 1 aliphatic rings. The van der Waals surface area contributed by atoms with Crippen LogP contribution in [0.1, 0.15) is 33.1 Å². The lowest BCUT2D eigenvalue weighted by Crippen LogP contribution is -2.24. The van der Waals surface area contributed by atoms with E-state index in [4.69, 9.17) is 5.73 Å². The van der Waals surface area contributed by atoms with Crippen molar-refractivity contribution in [2.45, 2.75) is 39.2 Å². The van der Waals surface area contributed by atoms with Crippen LogP contribution in [-0.4, -0.2) is 11.0 Å². The van der Waals surface area contributed by atoms with Crippen molar-refractivity contribution in [3.05, 3.63) is 28.3 Å². The molecule has 1 aromatic carbocycles. The van der Waals surface area contributed by atoms with Gasteiger partial charge >= 0.3 is 0 Å². The zero-order valence-corrected chi connectivity index (χ0v) is 11.4. The van der Waals surface area contributed by atoms with Gasteiger partial charge in [-0.25, -0.2) is 0 Å². The van der Waals surface area contributed by atoms with Gasteiger partial charge in [0.2, 0.25) is 0 Å². The number of rotatable bonds is 4. The van der Waals surface area contributed by atoms with Gasteiger partial charge in [0.15, 0.2) is 0 Å². The Bertz CT molecular complexity index is 476. The maximum Gasteiger partial charge on any atom is 0.273 e. The zero-order chi connectivity index (χ0) is 14.0. The Hall–Kier alpha value is -1.78. The number of nitro benzene ring substituents is 1. The van der Waals surface area contributed by atoms with Crippen LogP contribution in [0, 0.1) is 22.0 Å². The standard InChI is InChI=1S/C14H21N3O2/c1-3-10-4-5-14(9(10)2)16-12-6-11(15)7-13(8-12)17(18)19/h6-10,14,16H,3-5,15H2,1-2H3. The lowest BCUT2D eigenvalue weighted by molar-refractivity contribution is -0.384. The third-order valence-electron chi connectivity index (χ3n) is 4.25. The van der Waals surface area contributed by atoms with Crippen molar-refractivity contribution in [3.8, 4) is 0 Å². The van der Waals surface area contributed by atoms with E-state index in [1.807, 2.05) is 0 Å². The van der Waals surface area contributed by atoms with E-state index in [0.717, 1.165) is 18.0 Å². The van der Waals surface area contributed by atoms with Crippen LogP contribution in [0.2, 0.25) is 0 Å². The first-order valence-electron chi connectivity index (χ1n) is 6.82. The minimum Gasteiger partial charge on any atom is -0.398 e. The molecule has 0 radical (unpaired) electrons. The van der Waals surface area contributed by atoms with Crippen molar-refractivity contribution in [1.82, 2.24) is 0 Å². The van der Waals surface area contributed by atoms with Crippen molar-refractivity contribution >= 4 is 17.1 Å². The van der Waals surface area contributed by atoms with Gasteiger partial charge in [0.25, 0.3) is 5.69 Å². The fourth-order valence-corrected chi connectivity index (χ4v) is 3.06. The molecule has 0 aromatic heterocycles. The third kappa shape index (κ3) is 2.97. The number of nitrogens with zero attached hydrogens (tertiary/aromatic N) is 1. The molecule has 1 aromatic rings. The van der Waals surface area contributed by atoms with Gasteiger partial charge in [-0.2, -0.15) is 0 Å². The van der Waals surface area contributed by atoms with Gasteiger partial charge < -0.3 is 11.1 Å². The Morgan fingerprint density at radius 1 is 1.42 bits per heavy atom. The highest BCUT2D eigenvalue weighted by atomic mass is 16.6. The number of anilines is 2. The minimum atomic E-state index is -0.408. The molecule has 3 unspecified atom stereocenters. The average Bonchev–Trinajstić information content (AvgIpc) is 2.70. The molecule has 19 heavy (non-hydrogen) atoms. The van der Waals surface area contributed by atoms with Gasteiger partial charge in [-0.05, 0) is 30.7 Å². The first kappa shape index (κ1) is 13.6. The summed E-state index contributed by atoms with van der Waals surface area (Å²) in [5.41, 5.74) is 6.93. The van der Waals surface area contributed by atoms with Crippen LogP contribution in [0.4, 0.5) is 17.1 Å². The molecule has 3 N–H and O–H groups in total. The van der Waals surface area contributed by atoms with Gasteiger partial charge in [-0.1, -0.05) is 20.3 Å². The molecular weight excluding hydrogens is 242 g/mol. The highest BCUT2D eigenvalue weighted by molar-refractivity contribution is 5.61. The summed E-state index contributed by atoms with van der Waals surface area (Å²) >= 11 is 0. The first-order valence-corrected chi connectivity index (χ1v) is 6.82. The van der Waals surface area contributed by atoms with Crippen molar-refractivity contribution in [2.75, 3.05) is 11.1 Å². The number of nitrogens with two attached hydrogens (primary N) is 1. The van der Waals surface area contributed by atoms with Crippen LogP contribution >= 0.6 is 0 Å². The number of nitro groups is 1. The summed E-state index contributed by atoms with van der Waals surface area (Å²) in [7, 11) is 0. The second kappa shape index (κ2) is 5.47. The van der Waals surface area contributed by atoms with E-state index in [2.05, 4.69) is 19.2 Å². The molecule has 5 nitrogen and oxygen atoms in total. The van der Waals surface area contributed by atoms with Crippen molar-refractivity contribution in [3.63, 3.8) is 0 Å². The summed E-state index contributed by atoms with van der Waals surface area (Å²) in [5.74, 6) is 1.33. The predicted molar refractivity (Wildman–Crippen MR) is 77.1 cm³/mol.